The monoisotopic (exact) mass is 307 g/mol. The number of ether oxygens (including phenoxy) is 1. The molecule has 3 rings (SSSR count). The number of nitrogens with one attached hydrogen (secondary N) is 2. The first-order valence-corrected chi connectivity index (χ1v) is 6.85. The van der Waals surface area contributed by atoms with E-state index in [4.69, 9.17) is 4.74 Å². The van der Waals surface area contributed by atoms with E-state index in [9.17, 15) is 14.0 Å². The molecule has 0 spiro atoms. The first-order valence-electron chi connectivity index (χ1n) is 6.04. The van der Waals surface area contributed by atoms with Crippen LogP contribution in [0.15, 0.2) is 23.0 Å². The van der Waals surface area contributed by atoms with Gasteiger partial charge < -0.3 is 4.74 Å². The molecule has 3 aromatic rings. The minimum absolute atomic E-state index is 0.139. The lowest BCUT2D eigenvalue weighted by Crippen LogP contribution is -2.06. The van der Waals surface area contributed by atoms with E-state index in [1.807, 2.05) is 0 Å². The van der Waals surface area contributed by atoms with E-state index in [0.29, 0.717) is 9.58 Å². The molecule has 0 aliphatic rings. The Morgan fingerprint density at radius 3 is 3.00 bits per heavy atom. The van der Waals surface area contributed by atoms with E-state index >= 15 is 0 Å². The molecule has 0 saturated carbocycles. The van der Waals surface area contributed by atoms with Crippen LogP contribution in [-0.4, -0.2) is 21.2 Å². The van der Waals surface area contributed by atoms with Crippen LogP contribution in [0.4, 0.5) is 4.39 Å². The molecule has 0 atom stereocenters. The number of thiophene rings is 1. The van der Waals surface area contributed by atoms with Crippen molar-refractivity contribution in [3.63, 3.8) is 0 Å². The third-order valence-electron chi connectivity index (χ3n) is 2.98. The van der Waals surface area contributed by atoms with Crippen LogP contribution in [0.5, 0.6) is 0 Å². The molecule has 0 radical (unpaired) electrons. The van der Waals surface area contributed by atoms with Crippen molar-refractivity contribution in [1.82, 2.24) is 15.2 Å². The number of rotatable bonds is 3. The fourth-order valence-electron chi connectivity index (χ4n) is 1.97. The number of hydrogen-bond acceptors (Lipinski definition) is 5. The molecule has 2 aromatic heterocycles. The summed E-state index contributed by atoms with van der Waals surface area (Å²) in [6, 6.07) is 4.37. The molecule has 0 unspecified atom stereocenters. The molecule has 1 aromatic carbocycles. The maximum Gasteiger partial charge on any atom is 0.349 e. The van der Waals surface area contributed by atoms with Crippen molar-refractivity contribution in [2.75, 3.05) is 0 Å². The summed E-state index contributed by atoms with van der Waals surface area (Å²) in [6.45, 7) is 1.64. The number of aromatic amines is 2. The van der Waals surface area contributed by atoms with Gasteiger partial charge in [-0.25, -0.2) is 19.1 Å². The highest BCUT2D eigenvalue weighted by atomic mass is 32.1. The highest BCUT2D eigenvalue weighted by Gasteiger charge is 2.17. The Hall–Kier alpha value is -2.48. The summed E-state index contributed by atoms with van der Waals surface area (Å²) in [5, 5.41) is 6.64. The first-order chi connectivity index (χ1) is 10.0. The van der Waals surface area contributed by atoms with E-state index in [1.54, 1.807) is 13.0 Å². The zero-order chi connectivity index (χ0) is 15.0. The normalized spacial score (nSPS) is 11.0. The number of aryl methyl sites for hydroxylation is 1. The van der Waals surface area contributed by atoms with Gasteiger partial charge in [0.2, 0.25) is 0 Å². The zero-order valence-electron chi connectivity index (χ0n) is 10.9. The van der Waals surface area contributed by atoms with Crippen LogP contribution in [0.3, 0.4) is 0 Å². The largest absolute Gasteiger partial charge is 0.453 e. The number of fused-ring (bicyclic) bond motifs is 1. The number of H-pyrrole nitrogens is 2. The molecular formula is C13H10FN3O3S. The van der Waals surface area contributed by atoms with Crippen molar-refractivity contribution < 1.29 is 13.9 Å². The molecule has 0 bridgehead atoms. The number of halogens is 1. The number of nitrogens with zero attached hydrogens (tertiary/aromatic N) is 1. The molecule has 0 amide bonds. The second-order valence-electron chi connectivity index (χ2n) is 4.40. The van der Waals surface area contributed by atoms with Crippen molar-refractivity contribution in [1.29, 1.82) is 0 Å². The van der Waals surface area contributed by atoms with Crippen LogP contribution in [0, 0.1) is 12.7 Å². The second-order valence-corrected chi connectivity index (χ2v) is 5.45. The zero-order valence-corrected chi connectivity index (χ0v) is 11.7. The van der Waals surface area contributed by atoms with Crippen molar-refractivity contribution >= 4 is 27.4 Å². The number of esters is 1. The molecule has 2 N–H and O–H groups in total. The summed E-state index contributed by atoms with van der Waals surface area (Å²) in [5.41, 5.74) is 0.282. The number of carbonyl (C=O) groups is 1. The van der Waals surface area contributed by atoms with Gasteiger partial charge in [-0.3, -0.25) is 4.98 Å². The SMILES string of the molecule is Cc1c(C(=O)OCc2n[nH]c(=O)[nH]2)sc2cc(F)ccc12. The van der Waals surface area contributed by atoms with Crippen LogP contribution >= 0.6 is 11.3 Å². The van der Waals surface area contributed by atoms with Crippen molar-refractivity contribution in [3.8, 4) is 0 Å². The van der Waals surface area contributed by atoms with Crippen molar-refractivity contribution in [2.45, 2.75) is 13.5 Å². The molecule has 8 heteroatoms. The Balaban J connectivity index is 1.84. The fraction of sp³-hybridized carbons (Fsp3) is 0.154. The minimum atomic E-state index is -0.530. The molecule has 2 heterocycles. The lowest BCUT2D eigenvalue weighted by atomic mass is 10.1. The molecule has 0 aliphatic carbocycles. The van der Waals surface area contributed by atoms with Gasteiger partial charge >= 0.3 is 11.7 Å². The Kier molecular flexibility index (Phi) is 3.30. The smallest absolute Gasteiger partial charge is 0.349 e. The molecule has 0 fully saturated rings. The van der Waals surface area contributed by atoms with E-state index in [-0.39, 0.29) is 18.2 Å². The minimum Gasteiger partial charge on any atom is -0.453 e. The van der Waals surface area contributed by atoms with E-state index < -0.39 is 11.7 Å². The van der Waals surface area contributed by atoms with Gasteiger partial charge in [0.15, 0.2) is 12.4 Å². The highest BCUT2D eigenvalue weighted by Crippen LogP contribution is 2.31. The Labute approximate surface area is 121 Å². The molecule has 0 aliphatic heterocycles. The summed E-state index contributed by atoms with van der Waals surface area (Å²) < 4.78 is 19.0. The second kappa shape index (κ2) is 5.13. The summed E-state index contributed by atoms with van der Waals surface area (Å²) in [5.74, 6) is -0.645. The Morgan fingerprint density at radius 1 is 1.48 bits per heavy atom. The Bertz CT molecular complexity index is 880. The van der Waals surface area contributed by atoms with Gasteiger partial charge in [-0.1, -0.05) is 6.07 Å². The molecular weight excluding hydrogens is 297 g/mol. The van der Waals surface area contributed by atoms with E-state index in [0.717, 1.165) is 10.9 Å². The van der Waals surface area contributed by atoms with Gasteiger partial charge in [-0.15, -0.1) is 11.3 Å². The van der Waals surface area contributed by atoms with Crippen LogP contribution in [0.2, 0.25) is 0 Å². The molecule has 108 valence electrons. The van der Waals surface area contributed by atoms with Gasteiger partial charge in [0.25, 0.3) is 0 Å². The van der Waals surface area contributed by atoms with Gasteiger partial charge in [0.1, 0.15) is 10.7 Å². The predicted octanol–water partition coefficient (Wildman–Crippen LogP) is 2.12. The number of carbonyl (C=O) groups excluding carboxylic acids is 1. The van der Waals surface area contributed by atoms with Crippen LogP contribution < -0.4 is 5.69 Å². The molecule has 21 heavy (non-hydrogen) atoms. The Morgan fingerprint density at radius 2 is 2.29 bits per heavy atom. The third-order valence-corrected chi connectivity index (χ3v) is 4.21. The number of hydrogen-bond donors (Lipinski definition) is 2. The topological polar surface area (TPSA) is 87.8 Å². The summed E-state index contributed by atoms with van der Waals surface area (Å²) in [7, 11) is 0. The molecule has 6 nitrogen and oxygen atoms in total. The lowest BCUT2D eigenvalue weighted by Gasteiger charge is -2.01. The van der Waals surface area contributed by atoms with Crippen LogP contribution in [-0.2, 0) is 11.3 Å². The van der Waals surface area contributed by atoms with Gasteiger partial charge in [-0.05, 0) is 30.0 Å². The maximum absolute atomic E-state index is 13.2. The third kappa shape index (κ3) is 2.57. The van der Waals surface area contributed by atoms with E-state index in [1.165, 1.54) is 23.5 Å². The van der Waals surface area contributed by atoms with Gasteiger partial charge in [0, 0.05) is 4.70 Å². The maximum atomic E-state index is 13.2. The lowest BCUT2D eigenvalue weighted by molar-refractivity contribution is 0.0468. The summed E-state index contributed by atoms with van der Waals surface area (Å²) in [4.78, 5) is 25.7. The highest BCUT2D eigenvalue weighted by molar-refractivity contribution is 7.21. The number of benzene rings is 1. The number of aromatic nitrogens is 3. The standard InChI is InChI=1S/C13H10FN3O3S/c1-6-8-3-2-7(14)4-9(8)21-11(6)12(18)20-5-10-15-13(19)17-16-10/h2-4H,5H2,1H3,(H2,15,16,17,19). The summed E-state index contributed by atoms with van der Waals surface area (Å²) >= 11 is 1.17. The van der Waals surface area contributed by atoms with Crippen LogP contribution in [0.25, 0.3) is 10.1 Å². The fourth-order valence-corrected chi connectivity index (χ4v) is 3.09. The molecule has 0 saturated heterocycles. The quantitative estimate of drug-likeness (QED) is 0.725. The van der Waals surface area contributed by atoms with Crippen LogP contribution in [0.1, 0.15) is 21.1 Å². The first kappa shape index (κ1) is 13.5. The van der Waals surface area contributed by atoms with Gasteiger partial charge in [-0.2, -0.15) is 5.10 Å². The van der Waals surface area contributed by atoms with Crippen molar-refractivity contribution in [2.24, 2.45) is 0 Å². The average molecular weight is 307 g/mol. The van der Waals surface area contributed by atoms with Gasteiger partial charge in [0.05, 0.1) is 0 Å². The van der Waals surface area contributed by atoms with Crippen molar-refractivity contribution in [3.05, 3.63) is 50.8 Å². The predicted molar refractivity (Wildman–Crippen MR) is 74.8 cm³/mol. The summed E-state index contributed by atoms with van der Waals surface area (Å²) in [6.07, 6.45) is 0. The van der Waals surface area contributed by atoms with E-state index in [2.05, 4.69) is 15.2 Å². The average Bonchev–Trinajstić information content (AvgIpc) is 3.00.